The predicted octanol–water partition coefficient (Wildman–Crippen LogP) is 1.49. The van der Waals surface area contributed by atoms with Gasteiger partial charge in [0.25, 0.3) is 0 Å². The van der Waals surface area contributed by atoms with Gasteiger partial charge in [-0.2, -0.15) is 0 Å². The molecule has 3 N–H and O–H groups in total. The minimum atomic E-state index is -3.42. The third-order valence-corrected chi connectivity index (χ3v) is 6.08. The highest BCUT2D eigenvalue weighted by Gasteiger charge is 2.25. The molecule has 0 radical (unpaired) electrons. The van der Waals surface area contributed by atoms with Crippen molar-refractivity contribution in [1.82, 2.24) is 9.62 Å². The van der Waals surface area contributed by atoms with Gasteiger partial charge < -0.3 is 11.1 Å². The monoisotopic (exact) mass is 375 g/mol. The molecule has 0 aliphatic heterocycles. The number of nitrogens with two attached hydrogens (primary N) is 1. The van der Waals surface area contributed by atoms with Crippen LogP contribution in [0.25, 0.3) is 0 Å². The van der Waals surface area contributed by atoms with Crippen molar-refractivity contribution in [2.45, 2.75) is 43.2 Å². The largest absolute Gasteiger partial charge is 0.352 e. The van der Waals surface area contributed by atoms with Crippen molar-refractivity contribution < 1.29 is 13.2 Å². The van der Waals surface area contributed by atoms with Crippen LogP contribution in [-0.4, -0.2) is 38.8 Å². The number of benzene rings is 1. The van der Waals surface area contributed by atoms with E-state index in [1.807, 2.05) is 0 Å². The third-order valence-electron chi connectivity index (χ3n) is 4.25. The first-order valence-corrected chi connectivity index (χ1v) is 9.29. The highest BCUT2D eigenvalue weighted by molar-refractivity contribution is 7.89. The lowest BCUT2D eigenvalue weighted by atomic mass is 9.85. The van der Waals surface area contributed by atoms with E-state index in [0.717, 1.165) is 31.2 Å². The van der Waals surface area contributed by atoms with Crippen LogP contribution in [0.1, 0.15) is 31.2 Å². The Morgan fingerprint density at radius 1 is 1.25 bits per heavy atom. The van der Waals surface area contributed by atoms with Gasteiger partial charge in [0.2, 0.25) is 15.9 Å². The fourth-order valence-corrected chi connectivity index (χ4v) is 3.69. The van der Waals surface area contributed by atoms with E-state index in [9.17, 15) is 13.2 Å². The molecule has 0 spiro atoms. The molecule has 1 saturated carbocycles. The van der Waals surface area contributed by atoms with Gasteiger partial charge in [-0.05, 0) is 37.0 Å². The molecule has 1 amide bonds. The molecule has 1 aliphatic rings. The summed E-state index contributed by atoms with van der Waals surface area (Å²) in [4.78, 5) is 12.4. The maximum Gasteiger partial charge on any atom is 0.242 e. The topological polar surface area (TPSA) is 92.5 Å². The molecule has 1 aromatic carbocycles. The SMILES string of the molecule is CN(C)S(=O)(=O)c1ccc(CNC(=O)C2CCCC(N)C2)cc1.Cl. The van der Waals surface area contributed by atoms with Crippen molar-refractivity contribution in [3.8, 4) is 0 Å². The smallest absolute Gasteiger partial charge is 0.242 e. The van der Waals surface area contributed by atoms with E-state index < -0.39 is 10.0 Å². The van der Waals surface area contributed by atoms with Crippen LogP contribution in [0.2, 0.25) is 0 Å². The molecule has 0 heterocycles. The van der Waals surface area contributed by atoms with Crippen LogP contribution >= 0.6 is 12.4 Å². The van der Waals surface area contributed by atoms with Gasteiger partial charge in [0.1, 0.15) is 0 Å². The van der Waals surface area contributed by atoms with Gasteiger partial charge in [-0.15, -0.1) is 12.4 Å². The van der Waals surface area contributed by atoms with Gasteiger partial charge in [-0.3, -0.25) is 4.79 Å². The van der Waals surface area contributed by atoms with Crippen LogP contribution in [0.5, 0.6) is 0 Å². The Bertz CT molecular complexity index is 647. The molecule has 24 heavy (non-hydrogen) atoms. The van der Waals surface area contributed by atoms with Crippen molar-refractivity contribution in [1.29, 1.82) is 0 Å². The van der Waals surface area contributed by atoms with E-state index in [-0.39, 0.29) is 35.2 Å². The lowest BCUT2D eigenvalue weighted by Crippen LogP contribution is -2.37. The summed E-state index contributed by atoms with van der Waals surface area (Å²) in [5, 5.41) is 2.92. The first-order valence-electron chi connectivity index (χ1n) is 7.85. The summed E-state index contributed by atoms with van der Waals surface area (Å²) >= 11 is 0. The van der Waals surface area contributed by atoms with Gasteiger partial charge in [0, 0.05) is 32.6 Å². The minimum Gasteiger partial charge on any atom is -0.352 e. The highest BCUT2D eigenvalue weighted by Crippen LogP contribution is 2.23. The molecule has 136 valence electrons. The normalized spacial score (nSPS) is 21.2. The molecule has 1 aliphatic carbocycles. The van der Waals surface area contributed by atoms with Gasteiger partial charge in [0.15, 0.2) is 0 Å². The first kappa shape index (κ1) is 20.9. The molecule has 8 heteroatoms. The summed E-state index contributed by atoms with van der Waals surface area (Å²) in [5.41, 5.74) is 6.78. The van der Waals surface area contributed by atoms with Gasteiger partial charge in [-0.25, -0.2) is 12.7 Å². The Labute approximate surface area is 150 Å². The van der Waals surface area contributed by atoms with E-state index >= 15 is 0 Å². The fourth-order valence-electron chi connectivity index (χ4n) is 2.79. The van der Waals surface area contributed by atoms with Crippen molar-refractivity contribution in [2.24, 2.45) is 11.7 Å². The molecule has 2 rings (SSSR count). The second-order valence-electron chi connectivity index (χ2n) is 6.27. The standard InChI is InChI=1S/C16H25N3O3S.ClH/c1-19(2)23(21,22)15-8-6-12(7-9-15)11-18-16(20)13-4-3-5-14(17)10-13;/h6-9,13-14H,3-5,10-11,17H2,1-2H3,(H,18,20);1H. The van der Waals surface area contributed by atoms with Crippen molar-refractivity contribution in [3.05, 3.63) is 29.8 Å². The number of rotatable bonds is 5. The molecule has 1 aromatic rings. The Hall–Kier alpha value is -1.15. The quantitative estimate of drug-likeness (QED) is 0.815. The number of nitrogens with zero attached hydrogens (tertiary/aromatic N) is 1. The van der Waals surface area contributed by atoms with Crippen molar-refractivity contribution >= 4 is 28.3 Å². The second-order valence-corrected chi connectivity index (χ2v) is 8.42. The van der Waals surface area contributed by atoms with Crippen LogP contribution in [0.4, 0.5) is 0 Å². The molecule has 2 atom stereocenters. The van der Waals surface area contributed by atoms with E-state index in [0.29, 0.717) is 6.54 Å². The maximum atomic E-state index is 12.2. The lowest BCUT2D eigenvalue weighted by Gasteiger charge is -2.25. The summed E-state index contributed by atoms with van der Waals surface area (Å²) in [6.45, 7) is 0.396. The lowest BCUT2D eigenvalue weighted by molar-refractivity contribution is -0.126. The van der Waals surface area contributed by atoms with E-state index in [4.69, 9.17) is 5.73 Å². The molecule has 1 fully saturated rings. The third kappa shape index (κ3) is 5.17. The Morgan fingerprint density at radius 3 is 2.42 bits per heavy atom. The van der Waals surface area contributed by atoms with Crippen molar-refractivity contribution in [3.63, 3.8) is 0 Å². The Morgan fingerprint density at radius 2 is 1.88 bits per heavy atom. The summed E-state index contributed by atoms with van der Waals surface area (Å²) in [7, 11) is -0.419. The number of nitrogens with one attached hydrogen (secondary N) is 1. The number of carbonyl (C=O) groups excluding carboxylic acids is 1. The molecule has 2 unspecified atom stereocenters. The average molecular weight is 376 g/mol. The van der Waals surface area contributed by atoms with Gasteiger partial charge in [-0.1, -0.05) is 18.6 Å². The number of carbonyl (C=O) groups is 1. The molecule has 0 aromatic heterocycles. The maximum absolute atomic E-state index is 12.2. The van der Waals surface area contributed by atoms with Crippen LogP contribution in [0.15, 0.2) is 29.2 Å². The van der Waals surface area contributed by atoms with E-state index in [1.54, 1.807) is 24.3 Å². The summed E-state index contributed by atoms with van der Waals surface area (Å²) < 4.78 is 25.2. The highest BCUT2D eigenvalue weighted by atomic mass is 35.5. The molecular weight excluding hydrogens is 350 g/mol. The number of sulfonamides is 1. The molecule has 0 saturated heterocycles. The van der Waals surface area contributed by atoms with E-state index in [2.05, 4.69) is 5.32 Å². The Balaban J connectivity index is 0.00000288. The fraction of sp³-hybridized carbons (Fsp3) is 0.562. The number of amides is 1. The number of hydrogen-bond donors (Lipinski definition) is 2. The van der Waals surface area contributed by atoms with Crippen LogP contribution < -0.4 is 11.1 Å². The number of hydrogen-bond acceptors (Lipinski definition) is 4. The Kier molecular flexibility index (Phi) is 7.66. The summed E-state index contributed by atoms with van der Waals surface area (Å²) in [6, 6.07) is 6.70. The van der Waals surface area contributed by atoms with E-state index in [1.165, 1.54) is 18.4 Å². The van der Waals surface area contributed by atoms with Crippen LogP contribution in [0, 0.1) is 5.92 Å². The predicted molar refractivity (Wildman–Crippen MR) is 96.3 cm³/mol. The molecule has 6 nitrogen and oxygen atoms in total. The van der Waals surface area contributed by atoms with Crippen molar-refractivity contribution in [2.75, 3.05) is 14.1 Å². The zero-order valence-corrected chi connectivity index (χ0v) is 15.7. The molecular formula is C16H26ClN3O3S. The zero-order valence-electron chi connectivity index (χ0n) is 14.1. The number of halogens is 1. The van der Waals surface area contributed by atoms with Crippen LogP contribution in [0.3, 0.4) is 0 Å². The second kappa shape index (κ2) is 8.80. The molecule has 0 bridgehead atoms. The zero-order chi connectivity index (χ0) is 17.0. The van der Waals surface area contributed by atoms with Gasteiger partial charge in [0.05, 0.1) is 4.90 Å². The summed E-state index contributed by atoms with van der Waals surface area (Å²) in [5.74, 6) is 0.0253. The first-order chi connectivity index (χ1) is 10.8. The summed E-state index contributed by atoms with van der Waals surface area (Å²) in [6.07, 6.45) is 3.62. The average Bonchev–Trinajstić information content (AvgIpc) is 2.52. The van der Waals surface area contributed by atoms with Crippen LogP contribution in [-0.2, 0) is 21.4 Å². The van der Waals surface area contributed by atoms with Gasteiger partial charge >= 0.3 is 0 Å². The minimum absolute atomic E-state index is 0.